The Balaban J connectivity index is 2.87. The molecule has 0 aliphatic carbocycles. The van der Waals surface area contributed by atoms with Gasteiger partial charge in [-0.05, 0) is 19.1 Å². The molecule has 0 atom stereocenters. The Morgan fingerprint density at radius 2 is 2.17 bits per heavy atom. The topological polar surface area (TPSA) is 44.5 Å². The summed E-state index contributed by atoms with van der Waals surface area (Å²) < 4.78 is 10.2. The normalized spacial score (nSPS) is 9.50. The first kappa shape index (κ1) is 8.71. The summed E-state index contributed by atoms with van der Waals surface area (Å²) in [7, 11) is 1.61. The van der Waals surface area contributed by atoms with Crippen LogP contribution in [0, 0.1) is 0 Å². The third-order valence-corrected chi connectivity index (χ3v) is 1.52. The van der Waals surface area contributed by atoms with E-state index in [-0.39, 0.29) is 0 Å². The number of nitrogens with two attached hydrogens (primary N) is 1. The zero-order valence-corrected chi connectivity index (χ0v) is 7.33. The predicted molar refractivity (Wildman–Crippen MR) is 48.6 cm³/mol. The second-order valence-electron chi connectivity index (χ2n) is 2.34. The van der Waals surface area contributed by atoms with Crippen molar-refractivity contribution in [2.24, 2.45) is 0 Å². The number of rotatable bonds is 3. The first-order chi connectivity index (χ1) is 5.77. The van der Waals surface area contributed by atoms with Crippen molar-refractivity contribution in [1.82, 2.24) is 0 Å². The number of anilines is 1. The van der Waals surface area contributed by atoms with Gasteiger partial charge in [-0.15, -0.1) is 0 Å². The average molecular weight is 167 g/mol. The molecule has 0 saturated carbocycles. The standard InChI is InChI=1S/C9H13NO2/c1-3-12-9-5-4-7(11-2)6-8(9)10/h4-6H,3,10H2,1-2H3. The van der Waals surface area contributed by atoms with Gasteiger partial charge in [0.05, 0.1) is 19.4 Å². The lowest BCUT2D eigenvalue weighted by Gasteiger charge is -2.07. The quantitative estimate of drug-likeness (QED) is 0.696. The molecule has 0 saturated heterocycles. The molecule has 0 heterocycles. The summed E-state index contributed by atoms with van der Waals surface area (Å²) >= 11 is 0. The van der Waals surface area contributed by atoms with Crippen LogP contribution < -0.4 is 15.2 Å². The molecule has 0 amide bonds. The van der Waals surface area contributed by atoms with Gasteiger partial charge in [-0.2, -0.15) is 0 Å². The highest BCUT2D eigenvalue weighted by atomic mass is 16.5. The van der Waals surface area contributed by atoms with E-state index in [1.54, 1.807) is 19.2 Å². The fourth-order valence-electron chi connectivity index (χ4n) is 0.940. The second-order valence-corrected chi connectivity index (χ2v) is 2.34. The maximum absolute atomic E-state index is 5.68. The molecule has 0 aliphatic rings. The van der Waals surface area contributed by atoms with Crippen molar-refractivity contribution in [1.29, 1.82) is 0 Å². The number of methoxy groups -OCH3 is 1. The molecule has 0 aromatic heterocycles. The van der Waals surface area contributed by atoms with E-state index in [0.29, 0.717) is 18.0 Å². The first-order valence-corrected chi connectivity index (χ1v) is 3.84. The molecule has 3 heteroatoms. The van der Waals surface area contributed by atoms with E-state index in [1.807, 2.05) is 13.0 Å². The summed E-state index contributed by atoms with van der Waals surface area (Å²) in [6.45, 7) is 2.54. The molecule has 66 valence electrons. The van der Waals surface area contributed by atoms with Crippen molar-refractivity contribution in [2.45, 2.75) is 6.92 Å². The molecular formula is C9H13NO2. The zero-order chi connectivity index (χ0) is 8.97. The lowest BCUT2D eigenvalue weighted by atomic mass is 10.3. The van der Waals surface area contributed by atoms with E-state index in [1.165, 1.54) is 0 Å². The monoisotopic (exact) mass is 167 g/mol. The molecule has 0 fully saturated rings. The highest BCUT2D eigenvalue weighted by molar-refractivity contribution is 5.56. The van der Waals surface area contributed by atoms with Crippen molar-refractivity contribution in [3.05, 3.63) is 18.2 Å². The van der Waals surface area contributed by atoms with Crippen LogP contribution in [0.15, 0.2) is 18.2 Å². The van der Waals surface area contributed by atoms with Crippen molar-refractivity contribution in [3.63, 3.8) is 0 Å². The number of nitrogen functional groups attached to an aromatic ring is 1. The SMILES string of the molecule is CCOc1ccc(OC)cc1N. The Bertz CT molecular complexity index is 261. The predicted octanol–water partition coefficient (Wildman–Crippen LogP) is 1.68. The van der Waals surface area contributed by atoms with E-state index < -0.39 is 0 Å². The van der Waals surface area contributed by atoms with E-state index in [9.17, 15) is 0 Å². The highest BCUT2D eigenvalue weighted by Crippen LogP contribution is 2.25. The summed E-state index contributed by atoms with van der Waals surface area (Å²) in [6, 6.07) is 5.37. The van der Waals surface area contributed by atoms with Gasteiger partial charge in [-0.25, -0.2) is 0 Å². The first-order valence-electron chi connectivity index (χ1n) is 3.84. The summed E-state index contributed by atoms with van der Waals surface area (Å²) in [5.41, 5.74) is 6.29. The summed E-state index contributed by atoms with van der Waals surface area (Å²) in [4.78, 5) is 0. The highest BCUT2D eigenvalue weighted by Gasteiger charge is 2.00. The zero-order valence-electron chi connectivity index (χ0n) is 7.33. The van der Waals surface area contributed by atoms with Crippen LogP contribution in [0.2, 0.25) is 0 Å². The molecule has 2 N–H and O–H groups in total. The van der Waals surface area contributed by atoms with Gasteiger partial charge in [0.15, 0.2) is 0 Å². The average Bonchev–Trinajstić information content (AvgIpc) is 2.09. The van der Waals surface area contributed by atoms with Crippen molar-refractivity contribution in [2.75, 3.05) is 19.5 Å². The molecule has 1 rings (SSSR count). The minimum absolute atomic E-state index is 0.608. The molecular weight excluding hydrogens is 154 g/mol. The maximum Gasteiger partial charge on any atom is 0.142 e. The minimum atomic E-state index is 0.608. The Morgan fingerprint density at radius 3 is 2.67 bits per heavy atom. The molecule has 0 unspecified atom stereocenters. The smallest absolute Gasteiger partial charge is 0.142 e. The van der Waals surface area contributed by atoms with Gasteiger partial charge in [-0.1, -0.05) is 0 Å². The van der Waals surface area contributed by atoms with Crippen LogP contribution in [-0.2, 0) is 0 Å². The number of benzene rings is 1. The van der Waals surface area contributed by atoms with Gasteiger partial charge in [0.25, 0.3) is 0 Å². The van der Waals surface area contributed by atoms with Gasteiger partial charge >= 0.3 is 0 Å². The van der Waals surface area contributed by atoms with Crippen LogP contribution in [0.25, 0.3) is 0 Å². The molecule has 1 aromatic rings. The van der Waals surface area contributed by atoms with Gasteiger partial charge in [-0.3, -0.25) is 0 Å². The van der Waals surface area contributed by atoms with Crippen LogP contribution in [0.4, 0.5) is 5.69 Å². The van der Waals surface area contributed by atoms with Gasteiger partial charge in [0.1, 0.15) is 11.5 Å². The molecule has 0 radical (unpaired) electrons. The summed E-state index contributed by atoms with van der Waals surface area (Å²) in [6.07, 6.45) is 0. The van der Waals surface area contributed by atoms with Crippen molar-refractivity contribution < 1.29 is 9.47 Å². The Hall–Kier alpha value is -1.38. The van der Waals surface area contributed by atoms with Crippen molar-refractivity contribution >= 4 is 5.69 Å². The van der Waals surface area contributed by atoms with Gasteiger partial charge in [0.2, 0.25) is 0 Å². The number of ether oxygens (including phenoxy) is 2. The fourth-order valence-corrected chi connectivity index (χ4v) is 0.940. The van der Waals surface area contributed by atoms with Gasteiger partial charge < -0.3 is 15.2 Å². The Labute approximate surface area is 72.1 Å². The lowest BCUT2D eigenvalue weighted by molar-refractivity contribution is 0.341. The fraction of sp³-hybridized carbons (Fsp3) is 0.333. The van der Waals surface area contributed by atoms with Crippen molar-refractivity contribution in [3.8, 4) is 11.5 Å². The number of hydrogen-bond acceptors (Lipinski definition) is 3. The van der Waals surface area contributed by atoms with E-state index in [2.05, 4.69) is 0 Å². The Kier molecular flexibility index (Phi) is 2.80. The molecule has 12 heavy (non-hydrogen) atoms. The van der Waals surface area contributed by atoms with E-state index in [4.69, 9.17) is 15.2 Å². The largest absolute Gasteiger partial charge is 0.497 e. The summed E-state index contributed by atoms with van der Waals surface area (Å²) in [5, 5.41) is 0. The number of hydrogen-bond donors (Lipinski definition) is 1. The molecule has 0 bridgehead atoms. The van der Waals surface area contributed by atoms with Crippen LogP contribution in [0.3, 0.4) is 0 Å². The van der Waals surface area contributed by atoms with Crippen LogP contribution >= 0.6 is 0 Å². The van der Waals surface area contributed by atoms with E-state index >= 15 is 0 Å². The Morgan fingerprint density at radius 1 is 1.42 bits per heavy atom. The van der Waals surface area contributed by atoms with Crippen LogP contribution in [0.1, 0.15) is 6.92 Å². The van der Waals surface area contributed by atoms with Crippen LogP contribution in [0.5, 0.6) is 11.5 Å². The minimum Gasteiger partial charge on any atom is -0.497 e. The van der Waals surface area contributed by atoms with Gasteiger partial charge in [0, 0.05) is 6.07 Å². The summed E-state index contributed by atoms with van der Waals surface area (Å²) in [5.74, 6) is 1.45. The van der Waals surface area contributed by atoms with E-state index in [0.717, 1.165) is 5.75 Å². The molecule has 0 spiro atoms. The second kappa shape index (κ2) is 3.85. The third kappa shape index (κ3) is 1.81. The third-order valence-electron chi connectivity index (χ3n) is 1.52. The molecule has 3 nitrogen and oxygen atoms in total. The lowest BCUT2D eigenvalue weighted by Crippen LogP contribution is -1.97. The molecule has 1 aromatic carbocycles. The maximum atomic E-state index is 5.68. The molecule has 0 aliphatic heterocycles. The van der Waals surface area contributed by atoms with Crippen LogP contribution in [-0.4, -0.2) is 13.7 Å².